The first-order valence-corrected chi connectivity index (χ1v) is 1.67. The van der Waals surface area contributed by atoms with Gasteiger partial charge < -0.3 is 27.2 Å². The van der Waals surface area contributed by atoms with Crippen LogP contribution in [0, 0.1) is 0 Å². The zero-order chi connectivity index (χ0) is 5.41. The Morgan fingerprint density at radius 2 is 0.800 bits per heavy atom. The largest absolute Gasteiger partial charge is 2.00 e. The Kier molecular flexibility index (Phi) is 449. The Morgan fingerprint density at radius 1 is 0.800 bits per heavy atom. The number of hydrogen-bond acceptors (Lipinski definition) is 2. The van der Waals surface area contributed by atoms with E-state index in [0.717, 1.165) is 0 Å². The van der Waals surface area contributed by atoms with Crippen molar-refractivity contribution in [1.29, 1.82) is 0 Å². The van der Waals surface area contributed by atoms with Gasteiger partial charge in [0.15, 0.2) is 0 Å². The molecule has 56 valence electrons. The van der Waals surface area contributed by atoms with Gasteiger partial charge in [0.1, 0.15) is 0 Å². The summed E-state index contributed by atoms with van der Waals surface area (Å²) in [6.45, 7) is 0. The van der Waals surface area contributed by atoms with Crippen molar-refractivity contribution in [3.63, 3.8) is 0 Å². The van der Waals surface area contributed by atoms with E-state index in [4.69, 9.17) is 10.8 Å². The minimum absolute atomic E-state index is 0. The maximum atomic E-state index is 7.13. The summed E-state index contributed by atoms with van der Waals surface area (Å²) < 4.78 is 0. The van der Waals surface area contributed by atoms with Crippen molar-refractivity contribution in [3.05, 3.63) is 10.8 Å². The fraction of sp³-hybridized carbons (Fsp3) is 0. The first-order chi connectivity index (χ1) is 2.83. The number of thiocarbonyl (C=S) groups is 2. The van der Waals surface area contributed by atoms with Gasteiger partial charge in [0.25, 0.3) is 0 Å². The maximum Gasteiger partial charge on any atom is 2.00 e. The van der Waals surface area contributed by atoms with Crippen LogP contribution in [0.25, 0.3) is 10.8 Å². The molecule has 0 aromatic carbocycles. The molecule has 0 aliphatic heterocycles. The fourth-order valence-electron chi connectivity index (χ4n) is 0. The summed E-state index contributed by atoms with van der Waals surface area (Å²) in [5.74, 6) is 0. The van der Waals surface area contributed by atoms with E-state index in [1.165, 1.54) is 10.3 Å². The summed E-state index contributed by atoms with van der Waals surface area (Å²) in [6.07, 6.45) is 0. The van der Waals surface area contributed by atoms with Crippen molar-refractivity contribution in [2.24, 2.45) is 0 Å². The van der Waals surface area contributed by atoms with E-state index in [2.05, 4.69) is 24.4 Å². The SMILES string of the molecule is O.O.O.[Ca+2].[N-]=C=S.[N-]=C=S. The molecule has 10 heavy (non-hydrogen) atoms. The number of nitrogens with zero attached hydrogens (tertiary/aromatic N) is 2. The first-order valence-electron chi connectivity index (χ1n) is 0.855. The van der Waals surface area contributed by atoms with Gasteiger partial charge in [-0.25, -0.2) is 0 Å². The number of hydrogen-bond donors (Lipinski definition) is 0. The molecule has 6 N–H and O–H groups in total. The van der Waals surface area contributed by atoms with Crippen molar-refractivity contribution in [2.75, 3.05) is 0 Å². The molecule has 0 saturated heterocycles. The Labute approximate surface area is 98.8 Å². The van der Waals surface area contributed by atoms with E-state index >= 15 is 0 Å². The van der Waals surface area contributed by atoms with E-state index in [9.17, 15) is 0 Å². The fourth-order valence-corrected chi connectivity index (χ4v) is 0. The van der Waals surface area contributed by atoms with Gasteiger partial charge in [-0.3, -0.25) is 0 Å². The molecule has 0 rings (SSSR count). The molecular weight excluding hydrogens is 204 g/mol. The van der Waals surface area contributed by atoms with Gasteiger partial charge in [-0.1, -0.05) is 24.4 Å². The predicted molar refractivity (Wildman–Crippen MR) is 48.5 cm³/mol. The molecule has 0 radical (unpaired) electrons. The third kappa shape index (κ3) is 957. The van der Waals surface area contributed by atoms with Crippen LogP contribution in [0.5, 0.6) is 0 Å². The Balaban J connectivity index is -0.00000000571. The smallest absolute Gasteiger partial charge is 0.753 e. The van der Waals surface area contributed by atoms with Gasteiger partial charge in [0.05, 0.1) is 0 Å². The molecule has 0 amide bonds. The third-order valence-corrected chi connectivity index (χ3v) is 0. The molecule has 0 aromatic rings. The molecule has 0 fully saturated rings. The van der Waals surface area contributed by atoms with E-state index in [1.54, 1.807) is 0 Å². The summed E-state index contributed by atoms with van der Waals surface area (Å²) in [5.41, 5.74) is 0. The maximum absolute atomic E-state index is 7.13. The van der Waals surface area contributed by atoms with Gasteiger partial charge in [-0.2, -0.15) is 10.3 Å². The van der Waals surface area contributed by atoms with Crippen LogP contribution < -0.4 is 0 Å². The van der Waals surface area contributed by atoms with Crippen molar-refractivity contribution in [1.82, 2.24) is 0 Å². The molecule has 0 heterocycles. The van der Waals surface area contributed by atoms with Crippen molar-refractivity contribution >= 4 is 72.5 Å². The molecule has 5 nitrogen and oxygen atoms in total. The first kappa shape index (κ1) is 45.4. The standard InChI is InChI=1S/2CNS.Ca.3H2O/c2*2-1-3;;;;/h;;;3*1H2/q2*-1;+2;;;. The van der Waals surface area contributed by atoms with E-state index in [1.807, 2.05) is 0 Å². The summed E-state index contributed by atoms with van der Waals surface area (Å²) in [7, 11) is 0. The van der Waals surface area contributed by atoms with E-state index in [0.29, 0.717) is 0 Å². The van der Waals surface area contributed by atoms with Gasteiger partial charge in [0, 0.05) is 0 Å². The van der Waals surface area contributed by atoms with Gasteiger partial charge in [-0.05, 0) is 0 Å². The monoisotopic (exact) mass is 210 g/mol. The van der Waals surface area contributed by atoms with Crippen LogP contribution in [0.1, 0.15) is 0 Å². The summed E-state index contributed by atoms with van der Waals surface area (Å²) in [5, 5.41) is 16.9. The van der Waals surface area contributed by atoms with Crippen LogP contribution in [0.2, 0.25) is 0 Å². The predicted octanol–water partition coefficient (Wildman–Crippen LogP) is -1.54. The molecule has 0 aliphatic rings. The zero-order valence-corrected chi connectivity index (χ0v) is 8.76. The average Bonchev–Trinajstić information content (AvgIpc) is 1.39. The normalized spacial score (nSPS) is 1.60. The molecule has 0 aromatic heterocycles. The second-order valence-electron chi connectivity index (χ2n) is 0.183. The van der Waals surface area contributed by atoms with Crippen LogP contribution in [0.4, 0.5) is 0 Å². The minimum atomic E-state index is 0. The molecule has 0 bridgehead atoms. The van der Waals surface area contributed by atoms with Crippen molar-refractivity contribution in [3.8, 4) is 0 Å². The van der Waals surface area contributed by atoms with Gasteiger partial charge >= 0.3 is 37.7 Å². The zero-order valence-electron chi connectivity index (χ0n) is 4.92. The van der Waals surface area contributed by atoms with E-state index < -0.39 is 0 Å². The van der Waals surface area contributed by atoms with Crippen molar-refractivity contribution < 1.29 is 16.4 Å². The second kappa shape index (κ2) is 99.1. The van der Waals surface area contributed by atoms with Crippen LogP contribution in [0.3, 0.4) is 0 Å². The van der Waals surface area contributed by atoms with Crippen LogP contribution in [0.15, 0.2) is 0 Å². The Hall–Kier alpha value is 0.740. The topological polar surface area (TPSA) is 139 Å². The molecular formula is C2H6CaN2O3S2. The Morgan fingerprint density at radius 3 is 0.800 bits per heavy atom. The minimum Gasteiger partial charge on any atom is -0.753 e. The van der Waals surface area contributed by atoms with Crippen LogP contribution in [-0.4, -0.2) is 64.5 Å². The third-order valence-electron chi connectivity index (χ3n) is 0. The molecule has 8 heteroatoms. The average molecular weight is 210 g/mol. The van der Waals surface area contributed by atoms with E-state index in [-0.39, 0.29) is 54.2 Å². The summed E-state index contributed by atoms with van der Waals surface area (Å²) >= 11 is 7.40. The summed E-state index contributed by atoms with van der Waals surface area (Å²) in [6, 6.07) is 0. The molecule has 0 spiro atoms. The molecule has 0 saturated carbocycles. The number of isothiocyanates is 2. The molecule has 0 atom stereocenters. The molecule has 0 aliphatic carbocycles. The number of rotatable bonds is 0. The van der Waals surface area contributed by atoms with Crippen LogP contribution in [-0.2, 0) is 0 Å². The Bertz CT molecular complexity index is 76.5. The second-order valence-corrected chi connectivity index (χ2v) is 0.548. The van der Waals surface area contributed by atoms with Gasteiger partial charge in [-0.15, -0.1) is 0 Å². The van der Waals surface area contributed by atoms with Gasteiger partial charge in [0.2, 0.25) is 0 Å². The molecule has 0 unspecified atom stereocenters. The van der Waals surface area contributed by atoms with Crippen LogP contribution >= 0.6 is 24.4 Å². The quantitative estimate of drug-likeness (QED) is 0.271. The summed E-state index contributed by atoms with van der Waals surface area (Å²) in [4.78, 5) is 0. The van der Waals surface area contributed by atoms with Crippen molar-refractivity contribution in [2.45, 2.75) is 0 Å².